The molecule has 4 heterocycles. The second-order valence-electron chi connectivity index (χ2n) is 9.55. The quantitative estimate of drug-likeness (QED) is 0.468. The molecule has 5 rings (SSSR count). The molecule has 0 radical (unpaired) electrons. The van der Waals surface area contributed by atoms with Crippen molar-refractivity contribution in [1.82, 2.24) is 29.9 Å². The molecule has 0 amide bonds. The van der Waals surface area contributed by atoms with Crippen molar-refractivity contribution in [2.75, 3.05) is 0 Å². The first kappa shape index (κ1) is 24.3. The van der Waals surface area contributed by atoms with Gasteiger partial charge in [0.2, 0.25) is 0 Å². The Labute approximate surface area is 210 Å². The fourth-order valence-corrected chi connectivity index (χ4v) is 4.92. The minimum Gasteiger partial charge on any atom is -0.481 e. The van der Waals surface area contributed by atoms with Crippen molar-refractivity contribution in [3.8, 4) is 17.4 Å². The molecule has 0 unspecified atom stereocenters. The van der Waals surface area contributed by atoms with Crippen LogP contribution in [0.15, 0.2) is 24.4 Å². The summed E-state index contributed by atoms with van der Waals surface area (Å²) in [6, 6.07) is 6.28. The van der Waals surface area contributed by atoms with Gasteiger partial charge in [-0.05, 0) is 50.7 Å². The van der Waals surface area contributed by atoms with E-state index in [0.29, 0.717) is 23.3 Å². The number of hydrogen-bond acceptors (Lipinski definition) is 8. The van der Waals surface area contributed by atoms with Crippen LogP contribution in [-0.2, 0) is 29.6 Å². The summed E-state index contributed by atoms with van der Waals surface area (Å²) in [7, 11) is 1.83. The summed E-state index contributed by atoms with van der Waals surface area (Å²) in [6.07, 6.45) is 8.23. The van der Waals surface area contributed by atoms with E-state index in [1.54, 1.807) is 10.9 Å². The van der Waals surface area contributed by atoms with Crippen LogP contribution in [0.1, 0.15) is 86.5 Å². The van der Waals surface area contributed by atoms with Gasteiger partial charge in [0.1, 0.15) is 18.0 Å². The molecule has 0 bridgehead atoms. The predicted octanol–water partition coefficient (Wildman–Crippen LogP) is 4.16. The summed E-state index contributed by atoms with van der Waals surface area (Å²) in [6.45, 7) is 2.28. The third-order valence-corrected chi connectivity index (χ3v) is 7.14. The highest BCUT2D eigenvalue weighted by atomic mass is 16.5. The molecule has 10 heteroatoms. The van der Waals surface area contributed by atoms with Gasteiger partial charge in [-0.25, -0.2) is 9.67 Å². The second kappa shape index (κ2) is 10.7. The summed E-state index contributed by atoms with van der Waals surface area (Å²) in [5.74, 6) is -0.325. The number of aryl methyl sites for hydroxylation is 2. The number of carboxylic acid groups (broad SMARTS) is 1. The first-order valence-electron chi connectivity index (χ1n) is 12.7. The van der Waals surface area contributed by atoms with Crippen LogP contribution in [0.3, 0.4) is 0 Å². The van der Waals surface area contributed by atoms with Crippen LogP contribution in [-0.4, -0.2) is 47.1 Å². The number of pyridine rings is 1. The first-order valence-corrected chi connectivity index (χ1v) is 12.7. The Morgan fingerprint density at radius 2 is 2.00 bits per heavy atom. The highest BCUT2D eigenvalue weighted by Crippen LogP contribution is 2.36. The molecule has 10 nitrogen and oxygen atoms in total. The van der Waals surface area contributed by atoms with E-state index in [0.717, 1.165) is 48.3 Å². The fourth-order valence-electron chi connectivity index (χ4n) is 4.92. The molecule has 1 N–H and O–H groups in total. The van der Waals surface area contributed by atoms with Crippen molar-refractivity contribution in [2.24, 2.45) is 7.05 Å². The highest BCUT2D eigenvalue weighted by Gasteiger charge is 2.28. The van der Waals surface area contributed by atoms with Crippen LogP contribution in [0.4, 0.5) is 0 Å². The zero-order chi connectivity index (χ0) is 25.1. The average Bonchev–Trinajstić information content (AvgIpc) is 3.21. The molecule has 2 fully saturated rings. The minimum atomic E-state index is -0.831. The fraction of sp³-hybridized carbons (Fsp3) is 0.538. The highest BCUT2D eigenvalue weighted by molar-refractivity contribution is 5.67. The van der Waals surface area contributed by atoms with Gasteiger partial charge < -0.3 is 14.6 Å². The maximum absolute atomic E-state index is 11.2. The zero-order valence-corrected chi connectivity index (χ0v) is 20.8. The molecule has 1 saturated carbocycles. The van der Waals surface area contributed by atoms with Gasteiger partial charge in [0.05, 0.1) is 30.0 Å². The molecule has 3 aromatic heterocycles. The van der Waals surface area contributed by atoms with E-state index in [4.69, 9.17) is 19.6 Å². The molecule has 2 atom stereocenters. The molecule has 0 aromatic carbocycles. The van der Waals surface area contributed by atoms with Crippen LogP contribution in [0.25, 0.3) is 11.4 Å². The molecular formula is C26H32N6O4. The molecule has 3 aromatic rings. The molecule has 0 spiro atoms. The Hall–Kier alpha value is -3.40. The van der Waals surface area contributed by atoms with Crippen molar-refractivity contribution in [3.05, 3.63) is 47.0 Å². The molecule has 36 heavy (non-hydrogen) atoms. The topological polar surface area (TPSA) is 125 Å². The number of aromatic nitrogens is 6. The summed E-state index contributed by atoms with van der Waals surface area (Å²) in [5.41, 5.74) is 5.12. The Morgan fingerprint density at radius 1 is 1.17 bits per heavy atom. The van der Waals surface area contributed by atoms with Crippen molar-refractivity contribution >= 4 is 5.97 Å². The van der Waals surface area contributed by atoms with Crippen molar-refractivity contribution < 1.29 is 19.4 Å². The summed E-state index contributed by atoms with van der Waals surface area (Å²) in [4.78, 5) is 24.9. The van der Waals surface area contributed by atoms with Gasteiger partial charge in [-0.1, -0.05) is 24.6 Å². The number of ether oxygens (including phenoxy) is 2. The molecule has 1 saturated heterocycles. The normalized spacial score (nSPS) is 20.2. The monoisotopic (exact) mass is 492 g/mol. The van der Waals surface area contributed by atoms with Crippen LogP contribution in [0.2, 0.25) is 0 Å². The van der Waals surface area contributed by atoms with E-state index in [9.17, 15) is 4.79 Å². The van der Waals surface area contributed by atoms with E-state index < -0.39 is 5.97 Å². The summed E-state index contributed by atoms with van der Waals surface area (Å²) in [5, 5.41) is 17.7. The zero-order valence-electron chi connectivity index (χ0n) is 20.8. The number of hydrogen-bond donors (Lipinski definition) is 1. The molecule has 2 aliphatic rings. The van der Waals surface area contributed by atoms with Gasteiger partial charge in [0.25, 0.3) is 0 Å². The Kier molecular flexibility index (Phi) is 7.22. The molecule has 190 valence electrons. The molecule has 1 aliphatic heterocycles. The number of nitrogens with zero attached hydrogens (tertiary/aromatic N) is 6. The van der Waals surface area contributed by atoms with Gasteiger partial charge in [0.15, 0.2) is 0 Å². The lowest BCUT2D eigenvalue weighted by atomic mass is 9.83. The number of carbonyl (C=O) groups is 1. The third-order valence-electron chi connectivity index (χ3n) is 7.14. The standard InChI is InChI=1S/C26H32N6O4/c1-3-19-18(23-9-5-8-17(36-23)14-24(33)34)10-11-21(28-19)25-22(32(2)31-30-25)15-35-26-27-13-12-20(29-26)16-6-4-7-16/h10-13,16-17,23H,3-9,14-15H2,1-2H3,(H,33,34)/t17-,23-/m0/s1. The summed E-state index contributed by atoms with van der Waals surface area (Å²) < 4.78 is 13.8. The smallest absolute Gasteiger partial charge is 0.316 e. The number of carboxylic acids is 1. The van der Waals surface area contributed by atoms with E-state index >= 15 is 0 Å². The van der Waals surface area contributed by atoms with Crippen LogP contribution in [0.5, 0.6) is 6.01 Å². The number of rotatable bonds is 9. The lowest BCUT2D eigenvalue weighted by molar-refractivity contribution is -0.143. The number of aliphatic carboxylic acids is 1. The third kappa shape index (κ3) is 5.23. The molecule has 1 aliphatic carbocycles. The maximum atomic E-state index is 11.2. The average molecular weight is 493 g/mol. The predicted molar refractivity (Wildman–Crippen MR) is 130 cm³/mol. The Bertz CT molecular complexity index is 1220. The van der Waals surface area contributed by atoms with Gasteiger partial charge in [-0.3, -0.25) is 9.78 Å². The largest absolute Gasteiger partial charge is 0.481 e. The summed E-state index contributed by atoms with van der Waals surface area (Å²) >= 11 is 0. The maximum Gasteiger partial charge on any atom is 0.316 e. The lowest BCUT2D eigenvalue weighted by Gasteiger charge is -2.30. The lowest BCUT2D eigenvalue weighted by Crippen LogP contribution is -2.25. The Morgan fingerprint density at radius 3 is 2.75 bits per heavy atom. The Balaban J connectivity index is 1.34. The van der Waals surface area contributed by atoms with Crippen molar-refractivity contribution in [3.63, 3.8) is 0 Å². The van der Waals surface area contributed by atoms with Gasteiger partial charge >= 0.3 is 12.0 Å². The minimum absolute atomic E-state index is 0.0275. The van der Waals surface area contributed by atoms with Gasteiger partial charge in [0, 0.05) is 30.4 Å². The van der Waals surface area contributed by atoms with Crippen molar-refractivity contribution in [2.45, 2.75) is 83.0 Å². The van der Waals surface area contributed by atoms with Crippen molar-refractivity contribution in [1.29, 1.82) is 0 Å². The van der Waals surface area contributed by atoms with Gasteiger partial charge in [-0.2, -0.15) is 4.98 Å². The van der Waals surface area contributed by atoms with E-state index in [1.165, 1.54) is 19.3 Å². The molecular weight excluding hydrogens is 460 g/mol. The second-order valence-corrected chi connectivity index (χ2v) is 9.55. The van der Waals surface area contributed by atoms with E-state index in [-0.39, 0.29) is 25.2 Å². The van der Waals surface area contributed by atoms with Crippen LogP contribution in [0, 0.1) is 0 Å². The van der Waals surface area contributed by atoms with E-state index in [2.05, 4.69) is 27.2 Å². The van der Waals surface area contributed by atoms with E-state index in [1.807, 2.05) is 25.2 Å². The first-order chi connectivity index (χ1) is 17.5. The SMILES string of the molecule is CCc1nc(-c2nnn(C)c2COc2nccc(C3CCC3)n2)ccc1[C@@H]1CCC[C@@H](CC(=O)O)O1. The van der Waals surface area contributed by atoms with Crippen LogP contribution < -0.4 is 4.74 Å². The van der Waals surface area contributed by atoms with Gasteiger partial charge in [-0.15, -0.1) is 5.10 Å². The van der Waals surface area contributed by atoms with Crippen LogP contribution >= 0.6 is 0 Å².